The first kappa shape index (κ1) is 13.9. The van der Waals surface area contributed by atoms with Gasteiger partial charge in [-0.15, -0.1) is 0 Å². The fourth-order valence-electron chi connectivity index (χ4n) is 2.24. The van der Waals surface area contributed by atoms with Crippen LogP contribution in [0.25, 0.3) is 0 Å². The first-order valence-corrected chi connectivity index (χ1v) is 6.71. The largest absolute Gasteiger partial charge is 0.373 e. The molecule has 0 saturated carbocycles. The molecule has 3 heteroatoms. The highest BCUT2D eigenvalue weighted by atomic mass is 16.5. The van der Waals surface area contributed by atoms with Gasteiger partial charge in [0.2, 0.25) is 0 Å². The molecule has 1 fully saturated rings. The summed E-state index contributed by atoms with van der Waals surface area (Å²) in [5.74, 6) is 0. The van der Waals surface area contributed by atoms with E-state index >= 15 is 0 Å². The Bertz CT molecular complexity index is 183. The van der Waals surface area contributed by atoms with Crippen LogP contribution in [0.15, 0.2) is 0 Å². The van der Waals surface area contributed by atoms with Gasteiger partial charge in [-0.05, 0) is 46.3 Å². The molecule has 0 aromatic carbocycles. The van der Waals surface area contributed by atoms with Crippen LogP contribution in [0.2, 0.25) is 0 Å². The molecule has 1 aliphatic heterocycles. The molecular formula is C13H28N2O. The van der Waals surface area contributed by atoms with Crippen molar-refractivity contribution >= 4 is 0 Å². The summed E-state index contributed by atoms with van der Waals surface area (Å²) in [6, 6.07) is 0. The van der Waals surface area contributed by atoms with Crippen molar-refractivity contribution in [2.75, 3.05) is 39.3 Å². The molecule has 1 heterocycles. The zero-order valence-corrected chi connectivity index (χ0v) is 11.2. The molecule has 1 saturated heterocycles. The number of hydrogen-bond donors (Lipinski definition) is 1. The van der Waals surface area contributed by atoms with Crippen molar-refractivity contribution in [2.24, 2.45) is 0 Å². The number of nitrogens with zero attached hydrogens (tertiary/aromatic N) is 1. The average molecular weight is 228 g/mol. The lowest BCUT2D eigenvalue weighted by atomic mass is 10.1. The van der Waals surface area contributed by atoms with Gasteiger partial charge in [0.15, 0.2) is 0 Å². The van der Waals surface area contributed by atoms with Gasteiger partial charge in [0.05, 0.1) is 12.2 Å². The predicted molar refractivity (Wildman–Crippen MR) is 68.9 cm³/mol. The summed E-state index contributed by atoms with van der Waals surface area (Å²) in [4.78, 5) is 2.54. The molecule has 16 heavy (non-hydrogen) atoms. The number of rotatable bonds is 7. The van der Waals surface area contributed by atoms with E-state index in [1.807, 2.05) is 0 Å². The van der Waals surface area contributed by atoms with Crippen LogP contribution < -0.4 is 5.32 Å². The maximum absolute atomic E-state index is 5.70. The Hall–Kier alpha value is -0.120. The maximum atomic E-state index is 5.70. The van der Waals surface area contributed by atoms with E-state index in [4.69, 9.17) is 4.74 Å². The highest BCUT2D eigenvalue weighted by Crippen LogP contribution is 2.16. The Balaban J connectivity index is 2.00. The monoisotopic (exact) mass is 228 g/mol. The molecular weight excluding hydrogens is 200 g/mol. The van der Waals surface area contributed by atoms with Crippen molar-refractivity contribution in [2.45, 2.75) is 45.6 Å². The van der Waals surface area contributed by atoms with Crippen molar-refractivity contribution in [1.82, 2.24) is 10.2 Å². The lowest BCUT2D eigenvalue weighted by Crippen LogP contribution is -2.48. The molecule has 0 bridgehead atoms. The fraction of sp³-hybridized carbons (Fsp3) is 1.00. The van der Waals surface area contributed by atoms with Crippen LogP contribution in [-0.4, -0.2) is 49.8 Å². The van der Waals surface area contributed by atoms with Crippen molar-refractivity contribution in [3.05, 3.63) is 0 Å². The van der Waals surface area contributed by atoms with Crippen LogP contribution in [0.5, 0.6) is 0 Å². The molecule has 96 valence electrons. The minimum atomic E-state index is 0.0576. The van der Waals surface area contributed by atoms with Crippen molar-refractivity contribution < 1.29 is 4.74 Å². The van der Waals surface area contributed by atoms with E-state index in [0.717, 1.165) is 26.2 Å². The molecule has 0 aromatic heterocycles. The minimum Gasteiger partial charge on any atom is -0.373 e. The van der Waals surface area contributed by atoms with Gasteiger partial charge in [0.1, 0.15) is 0 Å². The van der Waals surface area contributed by atoms with Crippen LogP contribution in [0.1, 0.15) is 40.0 Å². The molecule has 1 rings (SSSR count). The van der Waals surface area contributed by atoms with E-state index in [2.05, 4.69) is 31.0 Å². The number of unbranched alkanes of at least 4 members (excludes halogenated alkanes) is 2. The van der Waals surface area contributed by atoms with Gasteiger partial charge in [0.25, 0.3) is 0 Å². The lowest BCUT2D eigenvalue weighted by Gasteiger charge is -2.38. The van der Waals surface area contributed by atoms with Gasteiger partial charge < -0.3 is 10.1 Å². The lowest BCUT2D eigenvalue weighted by molar-refractivity contribution is -0.0861. The normalized spacial score (nSPS) is 21.2. The number of hydrogen-bond acceptors (Lipinski definition) is 3. The Morgan fingerprint density at radius 2 is 2.06 bits per heavy atom. The molecule has 0 radical (unpaired) electrons. The third-order valence-electron chi connectivity index (χ3n) is 3.08. The maximum Gasteiger partial charge on any atom is 0.0753 e. The van der Waals surface area contributed by atoms with Gasteiger partial charge in [-0.2, -0.15) is 0 Å². The molecule has 0 spiro atoms. The first-order chi connectivity index (χ1) is 7.64. The topological polar surface area (TPSA) is 24.5 Å². The molecule has 0 aliphatic carbocycles. The number of ether oxygens (including phenoxy) is 1. The zero-order valence-electron chi connectivity index (χ0n) is 11.2. The number of morpholine rings is 1. The summed E-state index contributed by atoms with van der Waals surface area (Å²) in [6.07, 6.45) is 3.97. The molecule has 3 nitrogen and oxygen atoms in total. The van der Waals surface area contributed by atoms with Crippen LogP contribution in [0.4, 0.5) is 0 Å². The third-order valence-corrected chi connectivity index (χ3v) is 3.08. The van der Waals surface area contributed by atoms with Crippen LogP contribution in [0.3, 0.4) is 0 Å². The highest BCUT2D eigenvalue weighted by molar-refractivity contribution is 4.78. The van der Waals surface area contributed by atoms with Gasteiger partial charge in [0, 0.05) is 13.1 Å². The second kappa shape index (κ2) is 7.25. The Morgan fingerprint density at radius 1 is 1.25 bits per heavy atom. The molecule has 1 N–H and O–H groups in total. The summed E-state index contributed by atoms with van der Waals surface area (Å²) < 4.78 is 5.70. The molecule has 1 aliphatic rings. The van der Waals surface area contributed by atoms with E-state index in [-0.39, 0.29) is 5.60 Å². The summed E-state index contributed by atoms with van der Waals surface area (Å²) in [5.41, 5.74) is 0.0576. The smallest absolute Gasteiger partial charge is 0.0753 e. The van der Waals surface area contributed by atoms with Crippen LogP contribution in [-0.2, 0) is 4.74 Å². The third kappa shape index (κ3) is 5.83. The average Bonchev–Trinajstić information content (AvgIpc) is 2.22. The van der Waals surface area contributed by atoms with Gasteiger partial charge in [-0.1, -0.05) is 13.3 Å². The Morgan fingerprint density at radius 3 is 2.75 bits per heavy atom. The Kier molecular flexibility index (Phi) is 6.32. The fourth-order valence-corrected chi connectivity index (χ4v) is 2.24. The van der Waals surface area contributed by atoms with Gasteiger partial charge >= 0.3 is 0 Å². The van der Waals surface area contributed by atoms with Crippen LogP contribution >= 0.6 is 0 Å². The van der Waals surface area contributed by atoms with Gasteiger partial charge in [-0.3, -0.25) is 4.90 Å². The quantitative estimate of drug-likeness (QED) is 0.673. The molecule has 0 atom stereocenters. The molecule has 0 amide bonds. The summed E-state index contributed by atoms with van der Waals surface area (Å²) in [7, 11) is 0. The van der Waals surface area contributed by atoms with Gasteiger partial charge in [-0.25, -0.2) is 0 Å². The summed E-state index contributed by atoms with van der Waals surface area (Å²) >= 11 is 0. The first-order valence-electron chi connectivity index (χ1n) is 6.71. The van der Waals surface area contributed by atoms with Crippen molar-refractivity contribution in [3.8, 4) is 0 Å². The predicted octanol–water partition coefficient (Wildman–Crippen LogP) is 1.88. The zero-order chi connectivity index (χ0) is 11.9. The van der Waals surface area contributed by atoms with Crippen LogP contribution in [0, 0.1) is 0 Å². The molecule has 0 aromatic rings. The summed E-state index contributed by atoms with van der Waals surface area (Å²) in [5, 5.41) is 3.37. The van der Waals surface area contributed by atoms with Crippen molar-refractivity contribution in [1.29, 1.82) is 0 Å². The Labute approximate surface area is 101 Å². The second-order valence-corrected chi connectivity index (χ2v) is 5.30. The van der Waals surface area contributed by atoms with E-state index in [1.165, 1.54) is 32.4 Å². The van der Waals surface area contributed by atoms with E-state index in [9.17, 15) is 0 Å². The van der Waals surface area contributed by atoms with E-state index in [1.54, 1.807) is 0 Å². The highest BCUT2D eigenvalue weighted by Gasteiger charge is 2.26. The minimum absolute atomic E-state index is 0.0576. The molecule has 0 unspecified atom stereocenters. The van der Waals surface area contributed by atoms with E-state index in [0.29, 0.717) is 0 Å². The standard InChI is InChI=1S/C13H28N2O/c1-4-14-8-6-5-7-9-15-10-11-16-13(2,3)12-15/h14H,4-12H2,1-3H3. The SMILES string of the molecule is CCNCCCCCN1CCOC(C)(C)C1. The van der Waals surface area contributed by atoms with E-state index < -0.39 is 0 Å². The van der Waals surface area contributed by atoms with Crippen molar-refractivity contribution in [3.63, 3.8) is 0 Å². The summed E-state index contributed by atoms with van der Waals surface area (Å²) in [6.45, 7) is 13.1. The number of nitrogens with one attached hydrogen (secondary N) is 1. The second-order valence-electron chi connectivity index (χ2n) is 5.30.